The van der Waals surface area contributed by atoms with E-state index in [9.17, 15) is 9.59 Å². The molecule has 5 nitrogen and oxygen atoms in total. The highest BCUT2D eigenvalue weighted by molar-refractivity contribution is 7.11. The van der Waals surface area contributed by atoms with Crippen molar-refractivity contribution in [3.63, 3.8) is 0 Å². The minimum absolute atomic E-state index is 0.00671. The zero-order valence-corrected chi connectivity index (χ0v) is 7.85. The summed E-state index contributed by atoms with van der Waals surface area (Å²) in [5.74, 6) is -0.496. The molecule has 0 bridgehead atoms. The van der Waals surface area contributed by atoms with Gasteiger partial charge in [-0.05, 0) is 0 Å². The van der Waals surface area contributed by atoms with Crippen molar-refractivity contribution < 1.29 is 9.59 Å². The van der Waals surface area contributed by atoms with Crippen LogP contribution in [0.25, 0.3) is 0 Å². The smallest absolute Gasteiger partial charge is 0.263 e. The Morgan fingerprint density at radius 1 is 1.62 bits per heavy atom. The maximum absolute atomic E-state index is 11.2. The van der Waals surface area contributed by atoms with Crippen LogP contribution < -0.4 is 10.6 Å². The van der Waals surface area contributed by atoms with E-state index in [0.717, 1.165) is 0 Å². The van der Waals surface area contributed by atoms with E-state index in [1.807, 2.05) is 0 Å². The zero-order valence-electron chi connectivity index (χ0n) is 7.03. The van der Waals surface area contributed by atoms with E-state index in [-0.39, 0.29) is 18.4 Å². The maximum Gasteiger partial charge on any atom is 0.263 e. The average Bonchev–Trinajstić information content (AvgIpc) is 2.66. The van der Waals surface area contributed by atoms with Crippen molar-refractivity contribution in [2.24, 2.45) is 0 Å². The topological polar surface area (TPSA) is 71.1 Å². The molecule has 0 fully saturated rings. The number of hydrogen-bond donors (Lipinski definition) is 2. The Labute approximate surface area is 79.2 Å². The first kappa shape index (κ1) is 9.66. The highest BCUT2D eigenvalue weighted by Crippen LogP contribution is 2.03. The second-order valence-electron chi connectivity index (χ2n) is 2.22. The van der Waals surface area contributed by atoms with Gasteiger partial charge >= 0.3 is 0 Å². The van der Waals surface area contributed by atoms with Crippen molar-refractivity contribution in [3.05, 3.63) is 16.6 Å². The molecule has 0 aliphatic rings. The Balaban J connectivity index is 2.39. The monoisotopic (exact) mass is 199 g/mol. The third-order valence-electron chi connectivity index (χ3n) is 1.34. The van der Waals surface area contributed by atoms with E-state index < -0.39 is 0 Å². The van der Waals surface area contributed by atoms with Crippen LogP contribution in [-0.2, 0) is 4.79 Å². The van der Waals surface area contributed by atoms with E-state index in [1.54, 1.807) is 5.51 Å². The number of carbonyl (C=O) groups excluding carboxylic acids is 2. The van der Waals surface area contributed by atoms with Gasteiger partial charge in [-0.3, -0.25) is 14.6 Å². The Morgan fingerprint density at radius 3 is 2.92 bits per heavy atom. The van der Waals surface area contributed by atoms with Gasteiger partial charge in [-0.1, -0.05) is 0 Å². The molecule has 1 aromatic heterocycles. The van der Waals surface area contributed by atoms with Crippen molar-refractivity contribution in [2.75, 3.05) is 13.6 Å². The molecule has 0 aliphatic carbocycles. The lowest BCUT2D eigenvalue weighted by atomic mass is 10.5. The van der Waals surface area contributed by atoms with E-state index in [1.165, 1.54) is 24.6 Å². The number of hydrogen-bond acceptors (Lipinski definition) is 4. The minimum Gasteiger partial charge on any atom is -0.358 e. The quantitative estimate of drug-likeness (QED) is 0.697. The SMILES string of the molecule is CNC(=O)CNC(=O)c1cncs1. The standard InChI is InChI=1S/C7H9N3O2S/c1-8-6(11)3-10-7(12)5-2-9-4-13-5/h2,4H,3H2,1H3,(H,8,11)(H,10,12). The molecule has 0 spiro atoms. The van der Waals surface area contributed by atoms with Gasteiger partial charge in [0.15, 0.2) is 0 Å². The van der Waals surface area contributed by atoms with Crippen LogP contribution in [0.1, 0.15) is 9.67 Å². The second-order valence-corrected chi connectivity index (χ2v) is 3.11. The predicted octanol–water partition coefficient (Wildman–Crippen LogP) is -0.381. The van der Waals surface area contributed by atoms with Gasteiger partial charge in [0.25, 0.3) is 5.91 Å². The lowest BCUT2D eigenvalue weighted by Gasteiger charge is -2.00. The van der Waals surface area contributed by atoms with E-state index in [0.29, 0.717) is 4.88 Å². The highest BCUT2D eigenvalue weighted by atomic mass is 32.1. The van der Waals surface area contributed by atoms with E-state index >= 15 is 0 Å². The maximum atomic E-state index is 11.2. The number of nitrogens with zero attached hydrogens (tertiary/aromatic N) is 1. The van der Waals surface area contributed by atoms with E-state index in [4.69, 9.17) is 0 Å². The minimum atomic E-state index is -0.272. The Morgan fingerprint density at radius 2 is 2.38 bits per heavy atom. The fourth-order valence-corrected chi connectivity index (χ4v) is 1.20. The lowest BCUT2D eigenvalue weighted by Crippen LogP contribution is -2.34. The fraction of sp³-hybridized carbons (Fsp3) is 0.286. The van der Waals surface area contributed by atoms with Gasteiger partial charge in [0, 0.05) is 7.05 Å². The first-order chi connectivity index (χ1) is 6.24. The van der Waals surface area contributed by atoms with Crippen molar-refractivity contribution in [1.29, 1.82) is 0 Å². The molecule has 2 amide bonds. The number of rotatable bonds is 3. The second kappa shape index (κ2) is 4.56. The molecule has 1 aromatic rings. The molecule has 13 heavy (non-hydrogen) atoms. The van der Waals surface area contributed by atoms with Gasteiger partial charge in [0.2, 0.25) is 5.91 Å². The van der Waals surface area contributed by atoms with Crippen LogP contribution in [0.5, 0.6) is 0 Å². The summed E-state index contributed by atoms with van der Waals surface area (Å²) in [4.78, 5) is 26.2. The molecular weight excluding hydrogens is 190 g/mol. The number of likely N-dealkylation sites (N-methyl/N-ethyl adjacent to an activating group) is 1. The van der Waals surface area contributed by atoms with Crippen LogP contribution >= 0.6 is 11.3 Å². The van der Waals surface area contributed by atoms with Crippen molar-refractivity contribution in [2.45, 2.75) is 0 Å². The summed E-state index contributed by atoms with van der Waals surface area (Å²) in [6.07, 6.45) is 1.46. The van der Waals surface area contributed by atoms with Gasteiger partial charge in [0.05, 0.1) is 18.3 Å². The summed E-state index contributed by atoms with van der Waals surface area (Å²) in [7, 11) is 1.52. The van der Waals surface area contributed by atoms with Gasteiger partial charge in [-0.25, -0.2) is 0 Å². The molecular formula is C7H9N3O2S. The van der Waals surface area contributed by atoms with Gasteiger partial charge in [0.1, 0.15) is 4.88 Å². The zero-order chi connectivity index (χ0) is 9.68. The molecule has 0 unspecified atom stereocenters. The molecule has 0 aromatic carbocycles. The molecule has 0 saturated heterocycles. The molecule has 70 valence electrons. The van der Waals surface area contributed by atoms with Crippen LogP contribution in [0, 0.1) is 0 Å². The summed E-state index contributed by atoms with van der Waals surface area (Å²) in [6, 6.07) is 0. The largest absolute Gasteiger partial charge is 0.358 e. The summed E-state index contributed by atoms with van der Waals surface area (Å²) in [5.41, 5.74) is 1.56. The summed E-state index contributed by atoms with van der Waals surface area (Å²) in [5, 5.41) is 4.85. The fourth-order valence-electron chi connectivity index (χ4n) is 0.664. The third-order valence-corrected chi connectivity index (χ3v) is 2.12. The number of thiazole rings is 1. The van der Waals surface area contributed by atoms with Crippen LogP contribution in [-0.4, -0.2) is 30.4 Å². The number of aromatic nitrogens is 1. The summed E-state index contributed by atoms with van der Waals surface area (Å²) < 4.78 is 0. The molecule has 1 heterocycles. The van der Waals surface area contributed by atoms with Crippen LogP contribution in [0.2, 0.25) is 0 Å². The Bertz CT molecular complexity index is 297. The molecule has 0 radical (unpaired) electrons. The molecule has 0 atom stereocenters. The first-order valence-corrected chi connectivity index (χ1v) is 4.49. The number of amides is 2. The molecule has 6 heteroatoms. The van der Waals surface area contributed by atoms with Crippen LogP contribution in [0.3, 0.4) is 0 Å². The lowest BCUT2D eigenvalue weighted by molar-refractivity contribution is -0.119. The first-order valence-electron chi connectivity index (χ1n) is 3.61. The van der Waals surface area contributed by atoms with Crippen LogP contribution in [0.15, 0.2) is 11.7 Å². The molecule has 0 aliphatic heterocycles. The van der Waals surface area contributed by atoms with Gasteiger partial charge < -0.3 is 10.6 Å². The number of nitrogens with one attached hydrogen (secondary N) is 2. The van der Waals surface area contributed by atoms with Gasteiger partial charge in [-0.2, -0.15) is 0 Å². The highest BCUT2D eigenvalue weighted by Gasteiger charge is 2.07. The van der Waals surface area contributed by atoms with Crippen molar-refractivity contribution in [3.8, 4) is 0 Å². The summed E-state index contributed by atoms with van der Waals surface area (Å²) >= 11 is 1.24. The molecule has 0 saturated carbocycles. The van der Waals surface area contributed by atoms with Crippen molar-refractivity contribution in [1.82, 2.24) is 15.6 Å². The predicted molar refractivity (Wildman–Crippen MR) is 48.5 cm³/mol. The Hall–Kier alpha value is -1.43. The normalized spacial score (nSPS) is 9.31. The van der Waals surface area contributed by atoms with Crippen molar-refractivity contribution >= 4 is 23.2 Å². The summed E-state index contributed by atoms with van der Waals surface area (Å²) in [6.45, 7) is -0.00671. The third kappa shape index (κ3) is 2.83. The van der Waals surface area contributed by atoms with Gasteiger partial charge in [-0.15, -0.1) is 11.3 Å². The number of carbonyl (C=O) groups is 2. The van der Waals surface area contributed by atoms with Crippen LogP contribution in [0.4, 0.5) is 0 Å². The molecule has 1 rings (SSSR count). The van der Waals surface area contributed by atoms with E-state index in [2.05, 4.69) is 15.6 Å². The molecule has 2 N–H and O–H groups in total. The Kier molecular flexibility index (Phi) is 3.39. The average molecular weight is 199 g/mol.